The first-order chi connectivity index (χ1) is 15.1. The molecule has 8 heteroatoms. The van der Waals surface area contributed by atoms with E-state index in [9.17, 15) is 9.18 Å². The Labute approximate surface area is 176 Å². The molecule has 0 fully saturated rings. The zero-order chi connectivity index (χ0) is 21.4. The lowest BCUT2D eigenvalue weighted by Gasteiger charge is -2.12. The Hall–Kier alpha value is -4.33. The molecule has 3 aromatic heterocycles. The van der Waals surface area contributed by atoms with Gasteiger partial charge in [-0.3, -0.25) is 4.79 Å². The van der Waals surface area contributed by atoms with Crippen LogP contribution in [0, 0.1) is 12.7 Å². The van der Waals surface area contributed by atoms with Crippen molar-refractivity contribution in [3.05, 3.63) is 107 Å². The van der Waals surface area contributed by atoms with E-state index in [1.807, 2.05) is 55.5 Å². The summed E-state index contributed by atoms with van der Waals surface area (Å²) in [6.07, 6.45) is 5.75. The molecule has 5 aromatic rings. The van der Waals surface area contributed by atoms with Crippen molar-refractivity contribution in [2.75, 3.05) is 0 Å². The van der Waals surface area contributed by atoms with Crippen LogP contribution in [-0.4, -0.2) is 29.3 Å². The number of benzene rings is 2. The van der Waals surface area contributed by atoms with Crippen LogP contribution in [-0.2, 0) is 0 Å². The molecule has 152 valence electrons. The molecule has 0 N–H and O–H groups in total. The SMILES string of the molecule is Cc1cc(-n2cc(F)cn2)ccc1-n1ccc(=O)c(-c2ccnn2-c2ccccc2)n1. The fourth-order valence-electron chi connectivity index (χ4n) is 3.46. The first-order valence-electron chi connectivity index (χ1n) is 9.61. The second-order valence-corrected chi connectivity index (χ2v) is 7.01. The zero-order valence-electron chi connectivity index (χ0n) is 16.6. The second-order valence-electron chi connectivity index (χ2n) is 7.01. The van der Waals surface area contributed by atoms with Crippen molar-refractivity contribution < 1.29 is 4.39 Å². The zero-order valence-corrected chi connectivity index (χ0v) is 16.6. The molecule has 5 rings (SSSR count). The van der Waals surface area contributed by atoms with Gasteiger partial charge >= 0.3 is 0 Å². The maximum absolute atomic E-state index is 13.3. The van der Waals surface area contributed by atoms with Gasteiger partial charge in [0, 0.05) is 12.3 Å². The third-order valence-corrected chi connectivity index (χ3v) is 4.94. The first-order valence-corrected chi connectivity index (χ1v) is 9.61. The maximum atomic E-state index is 13.3. The molecule has 0 radical (unpaired) electrons. The molecule has 0 saturated heterocycles. The molecule has 2 aromatic carbocycles. The van der Waals surface area contributed by atoms with E-state index < -0.39 is 5.82 Å². The molecular weight excluding hydrogens is 395 g/mol. The normalized spacial score (nSPS) is 11.0. The van der Waals surface area contributed by atoms with Crippen molar-refractivity contribution in [3.63, 3.8) is 0 Å². The van der Waals surface area contributed by atoms with Crippen LogP contribution in [0.2, 0.25) is 0 Å². The molecule has 0 unspecified atom stereocenters. The van der Waals surface area contributed by atoms with Crippen LogP contribution in [0.25, 0.3) is 28.5 Å². The average Bonchev–Trinajstić information content (AvgIpc) is 3.44. The van der Waals surface area contributed by atoms with Crippen LogP contribution in [0.1, 0.15) is 5.56 Å². The third kappa shape index (κ3) is 3.44. The lowest BCUT2D eigenvalue weighted by molar-refractivity contribution is 0.627. The number of para-hydroxylation sites is 1. The fraction of sp³-hybridized carbons (Fsp3) is 0.0435. The van der Waals surface area contributed by atoms with Gasteiger partial charge in [0.05, 0.1) is 41.3 Å². The Morgan fingerprint density at radius 3 is 2.48 bits per heavy atom. The third-order valence-electron chi connectivity index (χ3n) is 4.94. The van der Waals surface area contributed by atoms with E-state index in [0.717, 1.165) is 28.8 Å². The summed E-state index contributed by atoms with van der Waals surface area (Å²) in [5.41, 5.74) is 3.96. The highest BCUT2D eigenvalue weighted by molar-refractivity contribution is 5.57. The Balaban J connectivity index is 1.58. The molecule has 31 heavy (non-hydrogen) atoms. The summed E-state index contributed by atoms with van der Waals surface area (Å²) in [6, 6.07) is 18.4. The number of hydrogen-bond acceptors (Lipinski definition) is 4. The molecular formula is C23H17FN6O. The smallest absolute Gasteiger partial charge is 0.209 e. The Kier molecular flexibility index (Phi) is 4.51. The molecule has 0 aliphatic carbocycles. The summed E-state index contributed by atoms with van der Waals surface area (Å²) in [4.78, 5) is 12.6. The summed E-state index contributed by atoms with van der Waals surface area (Å²) >= 11 is 0. The van der Waals surface area contributed by atoms with Gasteiger partial charge in [-0.2, -0.15) is 15.3 Å². The van der Waals surface area contributed by atoms with Gasteiger partial charge in [0.25, 0.3) is 0 Å². The number of hydrogen-bond donors (Lipinski definition) is 0. The molecule has 0 atom stereocenters. The predicted molar refractivity (Wildman–Crippen MR) is 114 cm³/mol. The van der Waals surface area contributed by atoms with Crippen LogP contribution in [0.4, 0.5) is 4.39 Å². The number of aryl methyl sites for hydroxylation is 1. The minimum atomic E-state index is -0.400. The van der Waals surface area contributed by atoms with Gasteiger partial charge in [0.1, 0.15) is 0 Å². The van der Waals surface area contributed by atoms with Crippen LogP contribution in [0.15, 0.2) is 90.2 Å². The van der Waals surface area contributed by atoms with E-state index in [1.54, 1.807) is 27.8 Å². The largest absolute Gasteiger partial charge is 0.287 e. The molecule has 3 heterocycles. The molecule has 0 spiro atoms. The highest BCUT2D eigenvalue weighted by atomic mass is 19.1. The van der Waals surface area contributed by atoms with Gasteiger partial charge in [-0.15, -0.1) is 0 Å². The maximum Gasteiger partial charge on any atom is 0.209 e. The molecule has 0 saturated carbocycles. The van der Waals surface area contributed by atoms with Crippen LogP contribution in [0.3, 0.4) is 0 Å². The Morgan fingerprint density at radius 2 is 1.74 bits per heavy atom. The quantitative estimate of drug-likeness (QED) is 0.451. The lowest BCUT2D eigenvalue weighted by Crippen LogP contribution is -2.15. The highest BCUT2D eigenvalue weighted by Crippen LogP contribution is 2.21. The lowest BCUT2D eigenvalue weighted by atomic mass is 10.1. The van der Waals surface area contributed by atoms with Crippen molar-refractivity contribution >= 4 is 0 Å². The predicted octanol–water partition coefficient (Wildman–Crippen LogP) is 3.72. The van der Waals surface area contributed by atoms with E-state index in [1.165, 1.54) is 16.9 Å². The summed E-state index contributed by atoms with van der Waals surface area (Å²) < 4.78 is 18.1. The van der Waals surface area contributed by atoms with E-state index in [4.69, 9.17) is 0 Å². The Bertz CT molecular complexity index is 1430. The number of rotatable bonds is 4. The number of aromatic nitrogens is 6. The van der Waals surface area contributed by atoms with Crippen molar-refractivity contribution in [3.8, 4) is 28.5 Å². The van der Waals surface area contributed by atoms with Crippen molar-refractivity contribution in [2.24, 2.45) is 0 Å². The minimum absolute atomic E-state index is 0.199. The van der Waals surface area contributed by atoms with Gasteiger partial charge < -0.3 is 0 Å². The van der Waals surface area contributed by atoms with E-state index in [2.05, 4.69) is 15.3 Å². The topological polar surface area (TPSA) is 70.5 Å². The van der Waals surface area contributed by atoms with Gasteiger partial charge in [0.2, 0.25) is 5.43 Å². The summed E-state index contributed by atoms with van der Waals surface area (Å²) in [6.45, 7) is 1.92. The average molecular weight is 412 g/mol. The fourth-order valence-corrected chi connectivity index (χ4v) is 3.46. The number of nitrogens with zero attached hydrogens (tertiary/aromatic N) is 6. The van der Waals surface area contributed by atoms with E-state index in [-0.39, 0.29) is 5.43 Å². The van der Waals surface area contributed by atoms with Gasteiger partial charge in [-0.25, -0.2) is 18.4 Å². The van der Waals surface area contributed by atoms with Crippen molar-refractivity contribution in [1.82, 2.24) is 29.3 Å². The Morgan fingerprint density at radius 1 is 0.903 bits per heavy atom. The van der Waals surface area contributed by atoms with Crippen molar-refractivity contribution in [1.29, 1.82) is 0 Å². The monoisotopic (exact) mass is 412 g/mol. The van der Waals surface area contributed by atoms with Gasteiger partial charge in [-0.1, -0.05) is 18.2 Å². The molecule has 0 bridgehead atoms. The first kappa shape index (κ1) is 18.7. The molecule has 0 amide bonds. The van der Waals surface area contributed by atoms with Crippen molar-refractivity contribution in [2.45, 2.75) is 6.92 Å². The van der Waals surface area contributed by atoms with Gasteiger partial charge in [-0.05, 0) is 48.9 Å². The van der Waals surface area contributed by atoms with Crippen LogP contribution >= 0.6 is 0 Å². The summed E-state index contributed by atoms with van der Waals surface area (Å²) in [5.74, 6) is -0.400. The molecule has 0 aliphatic rings. The summed E-state index contributed by atoms with van der Waals surface area (Å²) in [7, 11) is 0. The molecule has 7 nitrogen and oxygen atoms in total. The molecule has 0 aliphatic heterocycles. The van der Waals surface area contributed by atoms with E-state index in [0.29, 0.717) is 11.4 Å². The van der Waals surface area contributed by atoms with Gasteiger partial charge in [0.15, 0.2) is 11.5 Å². The second kappa shape index (κ2) is 7.49. The van der Waals surface area contributed by atoms with E-state index >= 15 is 0 Å². The standard InChI is InChI=1S/C23H17FN6O/c1-16-13-19(29-15-17(24)14-26-29)7-8-20(16)28-12-10-22(31)23(27-28)21-9-11-25-30(21)18-5-3-2-4-6-18/h2-15H,1H3. The highest BCUT2D eigenvalue weighted by Gasteiger charge is 2.14. The van der Waals surface area contributed by atoms with Crippen LogP contribution < -0.4 is 5.43 Å². The number of halogens is 1. The summed E-state index contributed by atoms with van der Waals surface area (Å²) in [5, 5.41) is 13.0. The minimum Gasteiger partial charge on any atom is -0.287 e. The van der Waals surface area contributed by atoms with Crippen LogP contribution in [0.5, 0.6) is 0 Å².